The number of nitrogens with zero attached hydrogens (tertiary/aromatic N) is 2. The number of methoxy groups -OCH3 is 1. The monoisotopic (exact) mass is 565 g/mol. The van der Waals surface area contributed by atoms with Gasteiger partial charge in [0.05, 0.1) is 34.9 Å². The molecule has 1 atom stereocenters. The van der Waals surface area contributed by atoms with Gasteiger partial charge in [0.1, 0.15) is 0 Å². The second-order valence-corrected chi connectivity index (χ2v) is 9.34. The SMILES string of the molecule is COCC1(c2ccccc2)CN(C(=O)Nc2ccc(Br)cc2)N=C1c1ccc(C(F)(F)F)c(Cl)c1. The van der Waals surface area contributed by atoms with Crippen LogP contribution in [0.25, 0.3) is 0 Å². The van der Waals surface area contributed by atoms with Crippen LogP contribution in [0.2, 0.25) is 5.02 Å². The molecule has 2 amide bonds. The first-order chi connectivity index (χ1) is 16.6. The molecule has 10 heteroatoms. The minimum absolute atomic E-state index is 0.112. The average Bonchev–Trinajstić information content (AvgIpc) is 3.21. The summed E-state index contributed by atoms with van der Waals surface area (Å²) in [5.74, 6) is 0. The van der Waals surface area contributed by atoms with Crippen LogP contribution in [0.5, 0.6) is 0 Å². The Morgan fingerprint density at radius 2 is 1.83 bits per heavy atom. The van der Waals surface area contributed by atoms with Crippen LogP contribution in [-0.4, -0.2) is 37.0 Å². The summed E-state index contributed by atoms with van der Waals surface area (Å²) in [7, 11) is 1.52. The Morgan fingerprint density at radius 1 is 1.14 bits per heavy atom. The van der Waals surface area contributed by atoms with Crippen molar-refractivity contribution in [2.45, 2.75) is 11.6 Å². The van der Waals surface area contributed by atoms with E-state index in [4.69, 9.17) is 16.3 Å². The first kappa shape index (κ1) is 25.2. The second kappa shape index (κ2) is 10.0. The molecule has 1 unspecified atom stereocenters. The minimum atomic E-state index is -4.59. The highest BCUT2D eigenvalue weighted by atomic mass is 79.9. The molecule has 1 N–H and O–H groups in total. The maximum Gasteiger partial charge on any atom is 0.417 e. The van der Waals surface area contributed by atoms with Crippen molar-refractivity contribution in [1.82, 2.24) is 5.01 Å². The third-order valence-electron chi connectivity index (χ3n) is 5.69. The molecule has 35 heavy (non-hydrogen) atoms. The molecule has 182 valence electrons. The van der Waals surface area contributed by atoms with E-state index in [1.165, 1.54) is 24.3 Å². The fourth-order valence-corrected chi connectivity index (χ4v) is 4.63. The molecule has 3 aromatic rings. The van der Waals surface area contributed by atoms with Gasteiger partial charge in [-0.2, -0.15) is 18.3 Å². The summed E-state index contributed by atoms with van der Waals surface area (Å²) in [5, 5.41) is 8.17. The summed E-state index contributed by atoms with van der Waals surface area (Å²) in [6.45, 7) is 0.248. The third kappa shape index (κ3) is 5.22. The van der Waals surface area contributed by atoms with Gasteiger partial charge in [-0.3, -0.25) is 0 Å². The lowest BCUT2D eigenvalue weighted by molar-refractivity contribution is -0.137. The van der Waals surface area contributed by atoms with Crippen LogP contribution in [0.15, 0.2) is 82.4 Å². The molecule has 0 spiro atoms. The van der Waals surface area contributed by atoms with Crippen molar-refractivity contribution < 1.29 is 22.7 Å². The number of hydrogen-bond acceptors (Lipinski definition) is 3. The number of anilines is 1. The van der Waals surface area contributed by atoms with Gasteiger partial charge in [-0.05, 0) is 42.0 Å². The van der Waals surface area contributed by atoms with Crippen LogP contribution < -0.4 is 5.32 Å². The zero-order chi connectivity index (χ0) is 25.2. The first-order valence-corrected chi connectivity index (χ1v) is 11.7. The number of carbonyl (C=O) groups is 1. The van der Waals surface area contributed by atoms with E-state index >= 15 is 0 Å². The molecule has 0 saturated carbocycles. The van der Waals surface area contributed by atoms with Gasteiger partial charge in [0.25, 0.3) is 0 Å². The smallest absolute Gasteiger partial charge is 0.383 e. The summed E-state index contributed by atoms with van der Waals surface area (Å²) < 4.78 is 46.3. The summed E-state index contributed by atoms with van der Waals surface area (Å²) in [6, 6.07) is 19.3. The number of carbonyl (C=O) groups excluding carboxylic acids is 1. The molecule has 5 nitrogen and oxygen atoms in total. The van der Waals surface area contributed by atoms with Gasteiger partial charge in [-0.25, -0.2) is 9.80 Å². The maximum absolute atomic E-state index is 13.3. The fourth-order valence-electron chi connectivity index (χ4n) is 4.08. The van der Waals surface area contributed by atoms with Gasteiger partial charge in [-0.15, -0.1) is 0 Å². The fraction of sp³-hybridized carbons (Fsp3) is 0.200. The molecule has 1 heterocycles. The maximum atomic E-state index is 13.3. The topological polar surface area (TPSA) is 53.9 Å². The molecule has 1 aliphatic heterocycles. The van der Waals surface area contributed by atoms with Gasteiger partial charge in [0.15, 0.2) is 0 Å². The van der Waals surface area contributed by atoms with Crippen molar-refractivity contribution in [2.75, 3.05) is 25.6 Å². The van der Waals surface area contributed by atoms with E-state index in [1.54, 1.807) is 24.3 Å². The minimum Gasteiger partial charge on any atom is -0.383 e. The number of rotatable bonds is 5. The Kier molecular flexibility index (Phi) is 7.21. The van der Waals surface area contributed by atoms with Crippen molar-refractivity contribution in [3.05, 3.63) is 99.0 Å². The Hall–Kier alpha value is -2.88. The van der Waals surface area contributed by atoms with E-state index in [0.717, 1.165) is 16.1 Å². The highest BCUT2D eigenvalue weighted by Gasteiger charge is 2.47. The predicted octanol–water partition coefficient (Wildman–Crippen LogP) is 6.96. The van der Waals surface area contributed by atoms with Crippen LogP contribution in [0.4, 0.5) is 23.7 Å². The van der Waals surface area contributed by atoms with Crippen molar-refractivity contribution in [1.29, 1.82) is 0 Å². The lowest BCUT2D eigenvalue weighted by Crippen LogP contribution is -2.44. The average molecular weight is 567 g/mol. The standard InChI is InChI=1S/C25H20BrClF3N3O2/c1-35-15-24(17-5-3-2-4-6-17)14-33(23(34)31-19-10-8-18(26)9-11-19)32-22(24)16-7-12-20(21(27)13-16)25(28,29)30/h2-13H,14-15H2,1H3,(H,31,34). The zero-order valence-corrected chi connectivity index (χ0v) is 20.8. The van der Waals surface area contributed by atoms with Gasteiger partial charge in [0.2, 0.25) is 0 Å². The molecule has 0 radical (unpaired) electrons. The Balaban J connectivity index is 1.78. The van der Waals surface area contributed by atoms with Crippen molar-refractivity contribution in [3.8, 4) is 0 Å². The van der Waals surface area contributed by atoms with Crippen LogP contribution in [0.3, 0.4) is 0 Å². The summed E-state index contributed by atoms with van der Waals surface area (Å²) in [6.07, 6.45) is -4.59. The van der Waals surface area contributed by atoms with Crippen LogP contribution >= 0.6 is 27.5 Å². The molecule has 3 aromatic carbocycles. The Bertz CT molecular complexity index is 1250. The largest absolute Gasteiger partial charge is 0.417 e. The van der Waals surface area contributed by atoms with Crippen LogP contribution in [-0.2, 0) is 16.3 Å². The van der Waals surface area contributed by atoms with Gasteiger partial charge < -0.3 is 10.1 Å². The molecule has 4 rings (SSSR count). The second-order valence-electron chi connectivity index (χ2n) is 8.02. The van der Waals surface area contributed by atoms with Crippen LogP contribution in [0, 0.1) is 0 Å². The first-order valence-electron chi connectivity index (χ1n) is 10.5. The highest BCUT2D eigenvalue weighted by Crippen LogP contribution is 2.39. The van der Waals surface area contributed by atoms with Crippen molar-refractivity contribution in [3.63, 3.8) is 0 Å². The quantitative estimate of drug-likeness (QED) is 0.363. The van der Waals surface area contributed by atoms with E-state index in [9.17, 15) is 18.0 Å². The number of ether oxygens (including phenoxy) is 1. The number of hydrogen-bond donors (Lipinski definition) is 1. The number of alkyl halides is 3. The molecule has 0 bridgehead atoms. The summed E-state index contributed by atoms with van der Waals surface area (Å²) in [5.41, 5.74) is 0.237. The molecule has 0 saturated heterocycles. The van der Waals surface area contributed by atoms with Gasteiger partial charge in [-0.1, -0.05) is 63.9 Å². The number of nitrogens with one attached hydrogen (secondary N) is 1. The molecule has 1 aliphatic rings. The van der Waals surface area contributed by atoms with E-state index in [1.807, 2.05) is 30.3 Å². The number of halogens is 5. The van der Waals surface area contributed by atoms with Crippen molar-refractivity contribution in [2.24, 2.45) is 5.10 Å². The Morgan fingerprint density at radius 3 is 2.43 bits per heavy atom. The Labute approximate surface area is 213 Å². The third-order valence-corrected chi connectivity index (χ3v) is 6.53. The highest BCUT2D eigenvalue weighted by molar-refractivity contribution is 9.10. The van der Waals surface area contributed by atoms with E-state index in [-0.39, 0.29) is 13.2 Å². The van der Waals surface area contributed by atoms with Crippen molar-refractivity contribution >= 4 is 45.0 Å². The number of amides is 2. The lowest BCUT2D eigenvalue weighted by Gasteiger charge is -2.31. The molecular weight excluding hydrogens is 547 g/mol. The van der Waals surface area contributed by atoms with Gasteiger partial charge >= 0.3 is 12.2 Å². The molecular formula is C25H20BrClF3N3O2. The molecule has 0 aromatic heterocycles. The van der Waals surface area contributed by atoms with Crippen LogP contribution in [0.1, 0.15) is 16.7 Å². The summed E-state index contributed by atoms with van der Waals surface area (Å²) >= 11 is 9.38. The predicted molar refractivity (Wildman–Crippen MR) is 133 cm³/mol. The normalized spacial score (nSPS) is 17.9. The summed E-state index contributed by atoms with van der Waals surface area (Å²) in [4.78, 5) is 13.1. The molecule has 0 aliphatic carbocycles. The van der Waals surface area contributed by atoms with E-state index in [0.29, 0.717) is 17.0 Å². The number of hydrazone groups is 1. The van der Waals surface area contributed by atoms with E-state index in [2.05, 4.69) is 26.3 Å². The van der Waals surface area contributed by atoms with Gasteiger partial charge in [0, 0.05) is 22.8 Å². The van der Waals surface area contributed by atoms with E-state index < -0.39 is 28.2 Å². The lowest BCUT2D eigenvalue weighted by atomic mass is 9.75. The molecule has 0 fully saturated rings. The zero-order valence-electron chi connectivity index (χ0n) is 18.4. The number of urea groups is 1. The number of benzene rings is 3.